The molecule has 1 aromatic heterocycles. The van der Waals surface area contributed by atoms with Crippen LogP contribution >= 0.6 is 27.5 Å². The van der Waals surface area contributed by atoms with Gasteiger partial charge in [0, 0.05) is 0 Å². The van der Waals surface area contributed by atoms with Gasteiger partial charge in [-0.05, 0) is 28.1 Å². The van der Waals surface area contributed by atoms with E-state index in [0.29, 0.717) is 20.9 Å². The summed E-state index contributed by atoms with van der Waals surface area (Å²) in [5, 5.41) is 4.62. The maximum Gasteiger partial charge on any atom is 0.169 e. The highest BCUT2D eigenvalue weighted by Gasteiger charge is 2.11. The smallest absolute Gasteiger partial charge is 0.169 e. The molecule has 0 radical (unpaired) electrons. The summed E-state index contributed by atoms with van der Waals surface area (Å²) >= 11 is 9.25. The van der Waals surface area contributed by atoms with Gasteiger partial charge < -0.3 is 0 Å². The molecule has 15 heavy (non-hydrogen) atoms. The summed E-state index contributed by atoms with van der Waals surface area (Å²) in [5.74, 6) is 0. The molecule has 0 saturated heterocycles. The first-order valence-corrected chi connectivity index (χ1v) is 5.34. The van der Waals surface area contributed by atoms with Crippen molar-refractivity contribution in [1.29, 1.82) is 0 Å². The minimum atomic E-state index is 0.447. The monoisotopic (exact) mass is 284 g/mol. The minimum Gasteiger partial charge on any atom is -0.296 e. The van der Waals surface area contributed by atoms with E-state index in [1.54, 1.807) is 18.3 Å². The van der Waals surface area contributed by atoms with Gasteiger partial charge in [0.2, 0.25) is 0 Å². The van der Waals surface area contributed by atoms with E-state index in [1.165, 1.54) is 4.68 Å². The fourth-order valence-corrected chi connectivity index (χ4v) is 1.83. The van der Waals surface area contributed by atoms with Gasteiger partial charge >= 0.3 is 0 Å². The van der Waals surface area contributed by atoms with Crippen LogP contribution in [-0.2, 0) is 0 Å². The van der Waals surface area contributed by atoms with E-state index < -0.39 is 0 Å². The molecule has 0 N–H and O–H groups in total. The predicted octanol–water partition coefficient (Wildman–Crippen LogP) is 3.10. The van der Waals surface area contributed by atoms with Crippen molar-refractivity contribution >= 4 is 33.8 Å². The van der Waals surface area contributed by atoms with Crippen LogP contribution in [0, 0.1) is 0 Å². The van der Waals surface area contributed by atoms with Crippen molar-refractivity contribution in [1.82, 2.24) is 9.78 Å². The first-order valence-electron chi connectivity index (χ1n) is 4.17. The molecule has 1 aromatic carbocycles. The third-order valence-corrected chi connectivity index (χ3v) is 2.88. The molecule has 0 fully saturated rings. The quantitative estimate of drug-likeness (QED) is 0.795. The van der Waals surface area contributed by atoms with Crippen LogP contribution in [0.4, 0.5) is 0 Å². The molecular weight excluding hydrogens is 279 g/mol. The van der Waals surface area contributed by atoms with E-state index >= 15 is 0 Å². The molecule has 0 spiro atoms. The number of nitrogens with zero attached hydrogens (tertiary/aromatic N) is 2. The third-order valence-electron chi connectivity index (χ3n) is 1.95. The zero-order valence-corrected chi connectivity index (χ0v) is 9.86. The van der Waals surface area contributed by atoms with Crippen molar-refractivity contribution < 1.29 is 4.79 Å². The number of benzene rings is 1. The lowest BCUT2D eigenvalue weighted by atomic mass is 10.3. The number of para-hydroxylation sites is 1. The minimum absolute atomic E-state index is 0.447. The van der Waals surface area contributed by atoms with Crippen LogP contribution in [0.5, 0.6) is 0 Å². The molecule has 2 rings (SSSR count). The Morgan fingerprint density at radius 2 is 2.13 bits per heavy atom. The van der Waals surface area contributed by atoms with E-state index in [0.717, 1.165) is 6.29 Å². The fraction of sp³-hybridized carbons (Fsp3) is 0. The van der Waals surface area contributed by atoms with Gasteiger partial charge in [0.15, 0.2) is 6.29 Å². The van der Waals surface area contributed by atoms with Crippen molar-refractivity contribution in [2.75, 3.05) is 0 Å². The lowest BCUT2D eigenvalue weighted by molar-refractivity contribution is 0.111. The summed E-state index contributed by atoms with van der Waals surface area (Å²) in [6.45, 7) is 0. The number of carbonyl (C=O) groups excluding carboxylic acids is 1. The Balaban J connectivity index is 2.64. The summed E-state index contributed by atoms with van der Waals surface area (Å²) in [6.07, 6.45) is 2.30. The molecule has 0 atom stereocenters. The molecule has 76 valence electrons. The number of rotatable bonds is 2. The van der Waals surface area contributed by atoms with E-state index in [-0.39, 0.29) is 0 Å². The van der Waals surface area contributed by atoms with E-state index in [2.05, 4.69) is 21.0 Å². The largest absolute Gasteiger partial charge is 0.296 e. The van der Waals surface area contributed by atoms with Crippen LogP contribution in [0.2, 0.25) is 5.02 Å². The maximum atomic E-state index is 10.9. The molecule has 1 heterocycles. The summed E-state index contributed by atoms with van der Waals surface area (Å²) in [7, 11) is 0. The highest BCUT2D eigenvalue weighted by Crippen LogP contribution is 2.23. The molecule has 0 amide bonds. The van der Waals surface area contributed by atoms with Crippen LogP contribution in [0.3, 0.4) is 0 Å². The van der Waals surface area contributed by atoms with Crippen LogP contribution in [-0.4, -0.2) is 16.1 Å². The Bertz CT molecular complexity index is 510. The van der Waals surface area contributed by atoms with Crippen molar-refractivity contribution in [3.05, 3.63) is 45.7 Å². The van der Waals surface area contributed by atoms with Crippen LogP contribution < -0.4 is 0 Å². The number of aromatic nitrogens is 2. The van der Waals surface area contributed by atoms with Gasteiger partial charge in [-0.2, -0.15) is 5.10 Å². The van der Waals surface area contributed by atoms with Gasteiger partial charge in [-0.1, -0.05) is 23.7 Å². The Kier molecular flexibility index (Phi) is 2.88. The topological polar surface area (TPSA) is 34.9 Å². The van der Waals surface area contributed by atoms with Gasteiger partial charge in [0.25, 0.3) is 0 Å². The molecule has 0 aliphatic heterocycles. The van der Waals surface area contributed by atoms with Gasteiger partial charge in [-0.3, -0.25) is 4.79 Å². The molecule has 5 heteroatoms. The van der Waals surface area contributed by atoms with Crippen LogP contribution in [0.1, 0.15) is 10.5 Å². The highest BCUT2D eigenvalue weighted by molar-refractivity contribution is 9.10. The summed E-state index contributed by atoms with van der Waals surface area (Å²) in [5.41, 5.74) is 1.13. The second-order valence-electron chi connectivity index (χ2n) is 2.86. The lowest BCUT2D eigenvalue weighted by Crippen LogP contribution is -2.01. The molecular formula is C10H6BrClN2O. The first kappa shape index (κ1) is 10.4. The average Bonchev–Trinajstić information content (AvgIpc) is 2.60. The molecule has 0 bridgehead atoms. The zero-order valence-electron chi connectivity index (χ0n) is 7.52. The Hall–Kier alpha value is -1.13. The molecule has 2 aromatic rings. The summed E-state index contributed by atoms with van der Waals surface area (Å²) in [6, 6.07) is 7.21. The van der Waals surface area contributed by atoms with Gasteiger partial charge in [0.1, 0.15) is 5.69 Å². The normalized spacial score (nSPS) is 10.3. The van der Waals surface area contributed by atoms with Crippen molar-refractivity contribution in [2.45, 2.75) is 0 Å². The van der Waals surface area contributed by atoms with Gasteiger partial charge in [0.05, 0.1) is 21.4 Å². The second kappa shape index (κ2) is 4.16. The van der Waals surface area contributed by atoms with E-state index in [9.17, 15) is 4.79 Å². The first-order chi connectivity index (χ1) is 7.24. The van der Waals surface area contributed by atoms with Crippen LogP contribution in [0.15, 0.2) is 34.9 Å². The SMILES string of the molecule is O=Cc1c(Br)cnn1-c1ccccc1Cl. The van der Waals surface area contributed by atoms with Gasteiger partial charge in [-0.15, -0.1) is 0 Å². The standard InChI is InChI=1S/C10H6BrClN2O/c11-7-5-13-14(10(7)6-15)9-4-2-1-3-8(9)12/h1-6H. The van der Waals surface area contributed by atoms with E-state index in [1.807, 2.05) is 12.1 Å². The van der Waals surface area contributed by atoms with Crippen molar-refractivity contribution in [3.8, 4) is 5.69 Å². The van der Waals surface area contributed by atoms with Crippen molar-refractivity contribution in [2.24, 2.45) is 0 Å². The predicted molar refractivity (Wildman–Crippen MR) is 61.7 cm³/mol. The van der Waals surface area contributed by atoms with E-state index in [4.69, 9.17) is 11.6 Å². The zero-order chi connectivity index (χ0) is 10.8. The second-order valence-corrected chi connectivity index (χ2v) is 4.12. The average molecular weight is 286 g/mol. The van der Waals surface area contributed by atoms with Crippen molar-refractivity contribution in [3.63, 3.8) is 0 Å². The maximum absolute atomic E-state index is 10.9. The van der Waals surface area contributed by atoms with Crippen LogP contribution in [0.25, 0.3) is 5.69 Å². The molecule has 0 aliphatic rings. The number of aldehydes is 1. The lowest BCUT2D eigenvalue weighted by Gasteiger charge is -2.05. The molecule has 3 nitrogen and oxygen atoms in total. The molecule has 0 unspecified atom stereocenters. The highest BCUT2D eigenvalue weighted by atomic mass is 79.9. The number of carbonyl (C=O) groups is 1. The third kappa shape index (κ3) is 1.82. The van der Waals surface area contributed by atoms with Gasteiger partial charge in [-0.25, -0.2) is 4.68 Å². The Morgan fingerprint density at radius 3 is 2.80 bits per heavy atom. The molecule has 0 aliphatic carbocycles. The Morgan fingerprint density at radius 1 is 1.40 bits per heavy atom. The molecule has 0 saturated carbocycles. The summed E-state index contributed by atoms with van der Waals surface area (Å²) in [4.78, 5) is 10.9. The Labute approximate surface area is 99.8 Å². The number of halogens is 2. The summed E-state index contributed by atoms with van der Waals surface area (Å²) < 4.78 is 2.15. The fourth-order valence-electron chi connectivity index (χ4n) is 1.26. The number of hydrogen-bond acceptors (Lipinski definition) is 2. The number of hydrogen-bond donors (Lipinski definition) is 0.